The summed E-state index contributed by atoms with van der Waals surface area (Å²) in [5, 5.41) is 14.4. The Morgan fingerprint density at radius 3 is 2.24 bits per heavy atom. The predicted molar refractivity (Wildman–Crippen MR) is 77.8 cm³/mol. The first-order valence-corrected chi connectivity index (χ1v) is 7.11. The molecule has 0 bridgehead atoms. The molecule has 3 atom stereocenters. The van der Waals surface area contributed by atoms with Crippen LogP contribution in [0.25, 0.3) is 0 Å². The molecular weight excluding hydrogens is 274 g/mol. The third-order valence-corrected chi connectivity index (χ3v) is 3.45. The molecule has 7 nitrogen and oxygen atoms in total. The first kappa shape index (κ1) is 17.3. The molecule has 1 fully saturated rings. The maximum absolute atomic E-state index is 12.1. The molecule has 1 aliphatic rings. The van der Waals surface area contributed by atoms with E-state index in [-0.39, 0.29) is 23.9 Å². The van der Waals surface area contributed by atoms with Crippen molar-refractivity contribution in [3.63, 3.8) is 0 Å². The highest BCUT2D eigenvalue weighted by Gasteiger charge is 2.37. The van der Waals surface area contributed by atoms with E-state index < -0.39 is 24.0 Å². The second-order valence-corrected chi connectivity index (χ2v) is 6.74. The van der Waals surface area contributed by atoms with E-state index in [0.717, 1.165) is 0 Å². The highest BCUT2D eigenvalue weighted by Crippen LogP contribution is 2.23. The molecular formula is C14H25N3O4. The van der Waals surface area contributed by atoms with Crippen LogP contribution in [0.3, 0.4) is 0 Å². The number of nitrogens with one attached hydrogen (secondary N) is 2. The Hall–Kier alpha value is -1.79. The number of amides is 3. The van der Waals surface area contributed by atoms with Gasteiger partial charge in [0.15, 0.2) is 0 Å². The zero-order chi connectivity index (χ0) is 16.4. The van der Waals surface area contributed by atoms with Crippen LogP contribution >= 0.6 is 0 Å². The molecule has 1 unspecified atom stereocenters. The molecule has 0 radical (unpaired) electrons. The van der Waals surface area contributed by atoms with E-state index >= 15 is 0 Å². The third kappa shape index (κ3) is 4.91. The Morgan fingerprint density at radius 2 is 1.81 bits per heavy atom. The van der Waals surface area contributed by atoms with Crippen LogP contribution in [0.5, 0.6) is 0 Å². The summed E-state index contributed by atoms with van der Waals surface area (Å²) in [7, 11) is 0. The van der Waals surface area contributed by atoms with Gasteiger partial charge in [-0.2, -0.15) is 0 Å². The summed E-state index contributed by atoms with van der Waals surface area (Å²) in [5.74, 6) is -1.80. The summed E-state index contributed by atoms with van der Waals surface area (Å²) in [6.07, 6.45) is 0. The standard InChI is InChI=1S/C14H25N3O4/c1-8-6-17(7-10(8)12(19)20)13(21)15-9(2)11(18)16-14(3,4)5/h8-10H,6-7H2,1-5H3,(H,15,21)(H,16,18)(H,19,20)/t8-,9?,10-/m1/s1. The third-order valence-electron chi connectivity index (χ3n) is 3.45. The van der Waals surface area contributed by atoms with Crippen LogP contribution in [-0.2, 0) is 9.59 Å². The van der Waals surface area contributed by atoms with Crippen LogP contribution in [0.4, 0.5) is 4.79 Å². The molecule has 0 aromatic rings. The summed E-state index contributed by atoms with van der Waals surface area (Å²) in [4.78, 5) is 36.5. The number of likely N-dealkylation sites (tertiary alicyclic amines) is 1. The lowest BCUT2D eigenvalue weighted by Crippen LogP contribution is -2.53. The van der Waals surface area contributed by atoms with Gasteiger partial charge in [-0.25, -0.2) is 4.79 Å². The highest BCUT2D eigenvalue weighted by molar-refractivity contribution is 5.87. The molecule has 0 aromatic heterocycles. The van der Waals surface area contributed by atoms with Crippen LogP contribution in [0, 0.1) is 11.8 Å². The SMILES string of the molecule is CC(NC(=O)N1C[C@@H](C)[C@H](C(=O)O)C1)C(=O)NC(C)(C)C. The number of nitrogens with zero attached hydrogens (tertiary/aromatic N) is 1. The summed E-state index contributed by atoms with van der Waals surface area (Å²) in [6, 6.07) is -1.07. The van der Waals surface area contributed by atoms with Gasteiger partial charge in [-0.05, 0) is 33.6 Å². The van der Waals surface area contributed by atoms with E-state index in [0.29, 0.717) is 6.54 Å². The normalized spacial score (nSPS) is 23.6. The lowest BCUT2D eigenvalue weighted by atomic mass is 9.99. The van der Waals surface area contributed by atoms with Gasteiger partial charge < -0.3 is 20.6 Å². The molecule has 120 valence electrons. The minimum atomic E-state index is -0.892. The van der Waals surface area contributed by atoms with Crippen molar-refractivity contribution in [1.29, 1.82) is 0 Å². The van der Waals surface area contributed by atoms with Gasteiger partial charge in [-0.3, -0.25) is 9.59 Å². The fourth-order valence-electron chi connectivity index (χ4n) is 2.27. The van der Waals surface area contributed by atoms with Crippen LogP contribution in [-0.4, -0.2) is 52.6 Å². The maximum Gasteiger partial charge on any atom is 0.318 e. The maximum atomic E-state index is 12.1. The van der Waals surface area contributed by atoms with E-state index in [1.54, 1.807) is 6.92 Å². The molecule has 3 N–H and O–H groups in total. The lowest BCUT2D eigenvalue weighted by molar-refractivity contribution is -0.142. The quantitative estimate of drug-likeness (QED) is 0.712. The van der Waals surface area contributed by atoms with Crippen molar-refractivity contribution in [1.82, 2.24) is 15.5 Å². The van der Waals surface area contributed by atoms with E-state index in [9.17, 15) is 14.4 Å². The Morgan fingerprint density at radius 1 is 1.24 bits per heavy atom. The minimum absolute atomic E-state index is 0.0908. The van der Waals surface area contributed by atoms with Crippen molar-refractivity contribution in [3.05, 3.63) is 0 Å². The monoisotopic (exact) mass is 299 g/mol. The number of carbonyl (C=O) groups is 3. The van der Waals surface area contributed by atoms with Crippen molar-refractivity contribution in [3.8, 4) is 0 Å². The summed E-state index contributed by atoms with van der Waals surface area (Å²) in [5.41, 5.74) is -0.368. The molecule has 1 heterocycles. The highest BCUT2D eigenvalue weighted by atomic mass is 16.4. The topological polar surface area (TPSA) is 98.7 Å². The number of hydrogen-bond donors (Lipinski definition) is 3. The largest absolute Gasteiger partial charge is 0.481 e. The van der Waals surface area contributed by atoms with Gasteiger partial charge in [-0.1, -0.05) is 6.92 Å². The smallest absolute Gasteiger partial charge is 0.318 e. The Bertz CT molecular complexity index is 430. The number of urea groups is 1. The number of aliphatic carboxylic acids is 1. The first-order chi connectivity index (χ1) is 9.51. The van der Waals surface area contributed by atoms with E-state index in [1.807, 2.05) is 27.7 Å². The van der Waals surface area contributed by atoms with Crippen molar-refractivity contribution < 1.29 is 19.5 Å². The molecule has 0 aromatic carbocycles. The van der Waals surface area contributed by atoms with Gasteiger partial charge in [0.25, 0.3) is 0 Å². The van der Waals surface area contributed by atoms with Gasteiger partial charge >= 0.3 is 12.0 Å². The van der Waals surface area contributed by atoms with E-state index in [2.05, 4.69) is 10.6 Å². The predicted octanol–water partition coefficient (Wildman–Crippen LogP) is 0.652. The number of rotatable bonds is 3. The van der Waals surface area contributed by atoms with Crippen molar-refractivity contribution in [2.75, 3.05) is 13.1 Å². The second-order valence-electron chi connectivity index (χ2n) is 6.74. The Kier molecular flexibility index (Phi) is 5.20. The van der Waals surface area contributed by atoms with Crippen LogP contribution in [0.2, 0.25) is 0 Å². The van der Waals surface area contributed by atoms with E-state index in [1.165, 1.54) is 4.90 Å². The fraction of sp³-hybridized carbons (Fsp3) is 0.786. The van der Waals surface area contributed by atoms with Crippen molar-refractivity contribution in [2.24, 2.45) is 11.8 Å². The molecule has 3 amide bonds. The average Bonchev–Trinajstić information content (AvgIpc) is 2.69. The molecule has 1 saturated heterocycles. The van der Waals surface area contributed by atoms with Gasteiger partial charge in [0.2, 0.25) is 5.91 Å². The molecule has 21 heavy (non-hydrogen) atoms. The zero-order valence-electron chi connectivity index (χ0n) is 13.3. The Labute approximate surface area is 125 Å². The van der Waals surface area contributed by atoms with Crippen LogP contribution < -0.4 is 10.6 Å². The minimum Gasteiger partial charge on any atom is -0.481 e. The first-order valence-electron chi connectivity index (χ1n) is 7.11. The molecule has 1 aliphatic heterocycles. The molecule has 1 rings (SSSR count). The number of hydrogen-bond acceptors (Lipinski definition) is 3. The number of carboxylic acid groups (broad SMARTS) is 1. The van der Waals surface area contributed by atoms with Gasteiger partial charge in [-0.15, -0.1) is 0 Å². The average molecular weight is 299 g/mol. The van der Waals surface area contributed by atoms with Gasteiger partial charge in [0.05, 0.1) is 5.92 Å². The fourth-order valence-corrected chi connectivity index (χ4v) is 2.27. The van der Waals surface area contributed by atoms with E-state index in [4.69, 9.17) is 5.11 Å². The molecule has 0 aliphatic carbocycles. The van der Waals surface area contributed by atoms with Gasteiger partial charge in [0, 0.05) is 18.6 Å². The van der Waals surface area contributed by atoms with Crippen molar-refractivity contribution >= 4 is 17.9 Å². The number of carboxylic acids is 1. The molecule has 7 heteroatoms. The van der Waals surface area contributed by atoms with Crippen LogP contribution in [0.1, 0.15) is 34.6 Å². The van der Waals surface area contributed by atoms with Gasteiger partial charge in [0.1, 0.15) is 6.04 Å². The van der Waals surface area contributed by atoms with Crippen molar-refractivity contribution in [2.45, 2.75) is 46.2 Å². The molecule has 0 saturated carbocycles. The Balaban J connectivity index is 2.54. The number of carbonyl (C=O) groups excluding carboxylic acids is 2. The summed E-state index contributed by atoms with van der Waals surface area (Å²) < 4.78 is 0. The van der Waals surface area contributed by atoms with Crippen LogP contribution in [0.15, 0.2) is 0 Å². The zero-order valence-corrected chi connectivity index (χ0v) is 13.3. The second kappa shape index (κ2) is 6.32. The summed E-state index contributed by atoms with van der Waals surface area (Å²) in [6.45, 7) is 9.55. The lowest BCUT2D eigenvalue weighted by Gasteiger charge is -2.25. The summed E-state index contributed by atoms with van der Waals surface area (Å²) >= 11 is 0. The molecule has 0 spiro atoms.